The minimum absolute atomic E-state index is 0.444. The quantitative estimate of drug-likeness (QED) is 0.554. The molecule has 21 heavy (non-hydrogen) atoms. The fourth-order valence-electron chi connectivity index (χ4n) is 2.09. The molecule has 0 fully saturated rings. The molecule has 8 heteroatoms. The topological polar surface area (TPSA) is 86.9 Å². The summed E-state index contributed by atoms with van der Waals surface area (Å²) in [7, 11) is 0. The second-order valence-corrected chi connectivity index (χ2v) is 4.67. The number of rotatable bonds is 2. The number of hydrogen-bond donors (Lipinski definition) is 0. The second-order valence-electron chi connectivity index (χ2n) is 4.67. The highest BCUT2D eigenvalue weighted by Gasteiger charge is 2.13. The van der Waals surface area contributed by atoms with E-state index in [-0.39, 0.29) is 0 Å². The van der Waals surface area contributed by atoms with Crippen molar-refractivity contribution in [2.75, 3.05) is 0 Å². The molecule has 4 aromatic heterocycles. The lowest BCUT2D eigenvalue weighted by atomic mass is 10.4. The van der Waals surface area contributed by atoms with Gasteiger partial charge in [0.1, 0.15) is 5.69 Å². The van der Waals surface area contributed by atoms with E-state index in [0.29, 0.717) is 11.8 Å². The standard InChI is InChI=1S/C13H11N7O/c1-8-3-4-19-12(16-8)11(6-15-19)20-7-10(5-14-20)13-18-17-9(2)21-13/h3-7H,1-2H3. The molecule has 8 nitrogen and oxygen atoms in total. The Morgan fingerprint density at radius 3 is 2.81 bits per heavy atom. The van der Waals surface area contributed by atoms with E-state index in [1.54, 1.807) is 28.5 Å². The fraction of sp³-hybridized carbons (Fsp3) is 0.154. The van der Waals surface area contributed by atoms with Gasteiger partial charge in [-0.05, 0) is 13.0 Å². The number of aromatic nitrogens is 7. The van der Waals surface area contributed by atoms with Gasteiger partial charge in [-0.3, -0.25) is 0 Å². The fourth-order valence-corrected chi connectivity index (χ4v) is 2.09. The molecule has 4 rings (SSSR count). The van der Waals surface area contributed by atoms with Crippen LogP contribution in [0.2, 0.25) is 0 Å². The van der Waals surface area contributed by atoms with Crippen molar-refractivity contribution in [2.45, 2.75) is 13.8 Å². The van der Waals surface area contributed by atoms with Crippen LogP contribution < -0.4 is 0 Å². The number of aryl methyl sites for hydroxylation is 2. The van der Waals surface area contributed by atoms with Gasteiger partial charge in [-0.25, -0.2) is 14.2 Å². The molecule has 0 spiro atoms. The van der Waals surface area contributed by atoms with Crippen molar-refractivity contribution in [3.05, 3.63) is 42.4 Å². The van der Waals surface area contributed by atoms with Crippen LogP contribution >= 0.6 is 0 Å². The average Bonchev–Trinajstić information content (AvgIpc) is 3.16. The summed E-state index contributed by atoms with van der Waals surface area (Å²) in [5.74, 6) is 0.963. The molecule has 0 amide bonds. The van der Waals surface area contributed by atoms with E-state index in [2.05, 4.69) is 25.4 Å². The summed E-state index contributed by atoms with van der Waals surface area (Å²) in [5.41, 5.74) is 3.21. The van der Waals surface area contributed by atoms with Crippen LogP contribution in [0.25, 0.3) is 22.8 Å². The molecular weight excluding hydrogens is 270 g/mol. The molecule has 0 radical (unpaired) electrons. The van der Waals surface area contributed by atoms with Gasteiger partial charge >= 0.3 is 0 Å². The van der Waals surface area contributed by atoms with E-state index < -0.39 is 0 Å². The van der Waals surface area contributed by atoms with E-state index in [1.165, 1.54) is 0 Å². The van der Waals surface area contributed by atoms with Crippen LogP contribution in [0.1, 0.15) is 11.6 Å². The maximum atomic E-state index is 5.39. The van der Waals surface area contributed by atoms with Crippen LogP contribution in [0, 0.1) is 13.8 Å². The Bertz CT molecular complexity index is 933. The first kappa shape index (κ1) is 11.8. The maximum Gasteiger partial charge on any atom is 0.250 e. The Morgan fingerprint density at radius 2 is 2.00 bits per heavy atom. The number of fused-ring (bicyclic) bond motifs is 1. The van der Waals surface area contributed by atoms with Gasteiger partial charge in [0.2, 0.25) is 5.89 Å². The van der Waals surface area contributed by atoms with E-state index in [4.69, 9.17) is 4.42 Å². The summed E-state index contributed by atoms with van der Waals surface area (Å²) in [6.45, 7) is 3.69. The second kappa shape index (κ2) is 4.23. The van der Waals surface area contributed by atoms with E-state index in [1.807, 2.05) is 25.4 Å². The summed E-state index contributed by atoms with van der Waals surface area (Å²) < 4.78 is 8.80. The zero-order valence-electron chi connectivity index (χ0n) is 11.4. The van der Waals surface area contributed by atoms with Crippen molar-refractivity contribution in [1.29, 1.82) is 0 Å². The van der Waals surface area contributed by atoms with Crippen molar-refractivity contribution < 1.29 is 4.42 Å². The van der Waals surface area contributed by atoms with Crippen LogP contribution in [-0.2, 0) is 0 Å². The molecule has 0 saturated carbocycles. The van der Waals surface area contributed by atoms with Gasteiger partial charge in [0.05, 0.1) is 18.0 Å². The van der Waals surface area contributed by atoms with Crippen molar-refractivity contribution >= 4 is 5.65 Å². The third kappa shape index (κ3) is 1.88. The molecule has 0 saturated heterocycles. The maximum absolute atomic E-state index is 5.39. The number of hydrogen-bond acceptors (Lipinski definition) is 6. The Hall–Kier alpha value is -3.03. The van der Waals surface area contributed by atoms with Crippen molar-refractivity contribution in [1.82, 2.24) is 34.6 Å². The average molecular weight is 281 g/mol. The van der Waals surface area contributed by atoms with Crippen molar-refractivity contribution in [3.63, 3.8) is 0 Å². The van der Waals surface area contributed by atoms with Crippen LogP contribution in [0.4, 0.5) is 0 Å². The largest absolute Gasteiger partial charge is 0.421 e. The molecule has 4 aromatic rings. The van der Waals surface area contributed by atoms with Crippen molar-refractivity contribution in [2.24, 2.45) is 0 Å². The van der Waals surface area contributed by atoms with Crippen LogP contribution in [0.15, 0.2) is 35.3 Å². The Labute approximate surface area is 119 Å². The highest BCUT2D eigenvalue weighted by molar-refractivity contribution is 5.59. The molecule has 0 N–H and O–H groups in total. The van der Waals surface area contributed by atoms with Crippen LogP contribution in [-0.4, -0.2) is 34.6 Å². The van der Waals surface area contributed by atoms with Gasteiger partial charge in [-0.1, -0.05) is 0 Å². The minimum atomic E-state index is 0.444. The third-order valence-corrected chi connectivity index (χ3v) is 3.09. The highest BCUT2D eigenvalue weighted by Crippen LogP contribution is 2.20. The lowest BCUT2D eigenvalue weighted by Crippen LogP contribution is -1.97. The Balaban J connectivity index is 1.82. The molecule has 0 bridgehead atoms. The van der Waals surface area contributed by atoms with Crippen molar-refractivity contribution in [3.8, 4) is 17.1 Å². The van der Waals surface area contributed by atoms with E-state index in [9.17, 15) is 0 Å². The molecule has 0 aliphatic carbocycles. The minimum Gasteiger partial charge on any atom is -0.421 e. The van der Waals surface area contributed by atoms with Gasteiger partial charge in [0.25, 0.3) is 5.89 Å². The first-order valence-electron chi connectivity index (χ1n) is 6.37. The zero-order chi connectivity index (χ0) is 14.4. The molecule has 0 aromatic carbocycles. The summed E-state index contributed by atoms with van der Waals surface area (Å²) in [6.07, 6.45) is 7.07. The third-order valence-electron chi connectivity index (χ3n) is 3.09. The first-order valence-corrected chi connectivity index (χ1v) is 6.37. The van der Waals surface area contributed by atoms with Gasteiger partial charge in [0, 0.05) is 25.0 Å². The smallest absolute Gasteiger partial charge is 0.250 e. The summed E-state index contributed by atoms with van der Waals surface area (Å²) in [5, 5.41) is 16.4. The summed E-state index contributed by atoms with van der Waals surface area (Å²) in [4.78, 5) is 4.49. The zero-order valence-corrected chi connectivity index (χ0v) is 11.4. The molecule has 0 aliphatic rings. The monoisotopic (exact) mass is 281 g/mol. The summed E-state index contributed by atoms with van der Waals surface area (Å²) in [6, 6.07) is 1.90. The van der Waals surface area contributed by atoms with Crippen LogP contribution in [0.3, 0.4) is 0 Å². The van der Waals surface area contributed by atoms with Gasteiger partial charge in [-0.15, -0.1) is 10.2 Å². The predicted molar refractivity (Wildman–Crippen MR) is 72.9 cm³/mol. The molecule has 104 valence electrons. The van der Waals surface area contributed by atoms with Gasteiger partial charge in [-0.2, -0.15) is 10.2 Å². The number of nitrogens with zero attached hydrogens (tertiary/aromatic N) is 7. The highest BCUT2D eigenvalue weighted by atomic mass is 16.4. The Kier molecular flexibility index (Phi) is 2.37. The normalized spacial score (nSPS) is 11.3. The van der Waals surface area contributed by atoms with Gasteiger partial charge in [0.15, 0.2) is 5.65 Å². The molecule has 4 heterocycles. The summed E-state index contributed by atoms with van der Waals surface area (Å²) >= 11 is 0. The SMILES string of the molecule is Cc1ccn2ncc(-n3cc(-c4nnc(C)o4)cn3)c2n1. The molecule has 0 aliphatic heterocycles. The van der Waals surface area contributed by atoms with E-state index in [0.717, 1.165) is 22.6 Å². The lowest BCUT2D eigenvalue weighted by molar-refractivity contribution is 0.533. The molecular formula is C13H11N7O. The predicted octanol–water partition coefficient (Wildman–Crippen LogP) is 1.58. The van der Waals surface area contributed by atoms with E-state index >= 15 is 0 Å². The lowest BCUT2D eigenvalue weighted by Gasteiger charge is -1.98. The van der Waals surface area contributed by atoms with Crippen LogP contribution in [0.5, 0.6) is 0 Å². The van der Waals surface area contributed by atoms with Gasteiger partial charge < -0.3 is 4.42 Å². The first-order chi connectivity index (χ1) is 10.2. The molecule has 0 atom stereocenters. The Morgan fingerprint density at radius 1 is 1.10 bits per heavy atom. The molecule has 0 unspecified atom stereocenters.